The summed E-state index contributed by atoms with van der Waals surface area (Å²) in [4.78, 5) is 2.41. The van der Waals surface area contributed by atoms with E-state index in [4.69, 9.17) is 0 Å². The first kappa shape index (κ1) is 9.61. The summed E-state index contributed by atoms with van der Waals surface area (Å²) in [6.45, 7) is 6.39. The summed E-state index contributed by atoms with van der Waals surface area (Å²) in [5.41, 5.74) is 1.06. The molecule has 0 bridgehead atoms. The van der Waals surface area contributed by atoms with Crippen LogP contribution < -0.4 is 5.32 Å². The topological polar surface area (TPSA) is 46.0 Å². The molecule has 0 spiro atoms. The van der Waals surface area contributed by atoms with Crippen molar-refractivity contribution in [2.24, 2.45) is 7.05 Å². The van der Waals surface area contributed by atoms with Gasteiger partial charge in [0.25, 0.3) is 0 Å². The van der Waals surface area contributed by atoms with Gasteiger partial charge in [-0.25, -0.2) is 0 Å². The van der Waals surface area contributed by atoms with E-state index in [9.17, 15) is 0 Å². The summed E-state index contributed by atoms with van der Waals surface area (Å²) in [5.74, 6) is 0. The molecule has 1 atom stereocenters. The van der Waals surface area contributed by atoms with Crippen LogP contribution in [0.2, 0.25) is 0 Å². The largest absolute Gasteiger partial charge is 0.312 e. The fourth-order valence-corrected chi connectivity index (χ4v) is 1.85. The summed E-state index contributed by atoms with van der Waals surface area (Å²) >= 11 is 0. The van der Waals surface area contributed by atoms with Crippen molar-refractivity contribution in [3.05, 3.63) is 11.9 Å². The summed E-state index contributed by atoms with van der Waals surface area (Å²) in [5, 5.41) is 11.4. The number of piperazine rings is 1. The predicted molar refractivity (Wildman–Crippen MR) is 53.7 cm³/mol. The molecule has 78 valence electrons. The zero-order chi connectivity index (χ0) is 9.97. The van der Waals surface area contributed by atoms with Crippen LogP contribution in [0, 0.1) is 0 Å². The lowest BCUT2D eigenvalue weighted by molar-refractivity contribution is 0.197. The van der Waals surface area contributed by atoms with Crippen molar-refractivity contribution in [3.63, 3.8) is 0 Å². The Morgan fingerprint density at radius 1 is 1.64 bits per heavy atom. The van der Waals surface area contributed by atoms with E-state index in [0.717, 1.165) is 31.9 Å². The third kappa shape index (κ3) is 2.30. The Hall–Kier alpha value is -0.940. The second kappa shape index (κ2) is 4.06. The normalized spacial score (nSPS) is 24.0. The summed E-state index contributed by atoms with van der Waals surface area (Å²) < 4.78 is 1.75. The Labute approximate surface area is 84.1 Å². The average molecular weight is 195 g/mol. The second-order valence-electron chi connectivity index (χ2n) is 3.97. The number of aryl methyl sites for hydroxylation is 1. The van der Waals surface area contributed by atoms with Gasteiger partial charge in [0.1, 0.15) is 0 Å². The first-order chi connectivity index (χ1) is 6.74. The molecule has 2 heterocycles. The Bertz CT molecular complexity index is 295. The van der Waals surface area contributed by atoms with E-state index in [-0.39, 0.29) is 0 Å². The van der Waals surface area contributed by atoms with Crippen LogP contribution in [0.25, 0.3) is 0 Å². The molecule has 1 N–H and O–H groups in total. The average Bonchev–Trinajstić information content (AvgIpc) is 2.51. The van der Waals surface area contributed by atoms with Crippen LogP contribution in [0.3, 0.4) is 0 Å². The van der Waals surface area contributed by atoms with Crippen LogP contribution in [0.15, 0.2) is 6.20 Å². The molecule has 1 saturated heterocycles. The van der Waals surface area contributed by atoms with E-state index in [1.807, 2.05) is 13.2 Å². The highest BCUT2D eigenvalue weighted by molar-refractivity contribution is 4.92. The van der Waals surface area contributed by atoms with Gasteiger partial charge in [-0.1, -0.05) is 5.21 Å². The van der Waals surface area contributed by atoms with E-state index in [1.54, 1.807) is 4.68 Å². The molecule has 5 nitrogen and oxygen atoms in total. The van der Waals surface area contributed by atoms with Gasteiger partial charge in [-0.3, -0.25) is 9.58 Å². The van der Waals surface area contributed by atoms with Crippen LogP contribution in [0.4, 0.5) is 0 Å². The first-order valence-corrected chi connectivity index (χ1v) is 5.05. The molecule has 1 fully saturated rings. The molecule has 2 rings (SSSR count). The van der Waals surface area contributed by atoms with Gasteiger partial charge in [0.05, 0.1) is 5.69 Å². The zero-order valence-electron chi connectivity index (χ0n) is 8.77. The molecule has 0 saturated carbocycles. The highest BCUT2D eigenvalue weighted by Crippen LogP contribution is 2.03. The lowest BCUT2D eigenvalue weighted by Crippen LogP contribution is -2.48. The number of hydrogen-bond donors (Lipinski definition) is 1. The fourth-order valence-electron chi connectivity index (χ4n) is 1.85. The fraction of sp³-hybridized carbons (Fsp3) is 0.778. The predicted octanol–water partition coefficient (Wildman–Crippen LogP) is -0.391. The molecule has 0 aliphatic carbocycles. The van der Waals surface area contributed by atoms with Crippen molar-refractivity contribution in [2.45, 2.75) is 19.5 Å². The standard InChI is InChI=1S/C9H17N5/c1-8-5-14(4-3-10-8)7-9-6-13(2)12-11-9/h6,8,10H,3-5,7H2,1-2H3/t8-/m1/s1. The molecule has 0 aromatic carbocycles. The van der Waals surface area contributed by atoms with Gasteiger partial charge >= 0.3 is 0 Å². The maximum atomic E-state index is 4.09. The Kier molecular flexibility index (Phi) is 2.79. The van der Waals surface area contributed by atoms with Crippen LogP contribution >= 0.6 is 0 Å². The van der Waals surface area contributed by atoms with Crippen molar-refractivity contribution >= 4 is 0 Å². The lowest BCUT2D eigenvalue weighted by atomic mass is 10.2. The van der Waals surface area contributed by atoms with E-state index in [2.05, 4.69) is 27.5 Å². The van der Waals surface area contributed by atoms with E-state index >= 15 is 0 Å². The van der Waals surface area contributed by atoms with Crippen molar-refractivity contribution in [1.29, 1.82) is 0 Å². The summed E-state index contributed by atoms with van der Waals surface area (Å²) in [7, 11) is 1.90. The van der Waals surface area contributed by atoms with Crippen LogP contribution in [-0.4, -0.2) is 45.6 Å². The number of aromatic nitrogens is 3. The Morgan fingerprint density at radius 2 is 2.50 bits per heavy atom. The van der Waals surface area contributed by atoms with Gasteiger partial charge in [0.15, 0.2) is 0 Å². The number of nitrogens with zero attached hydrogens (tertiary/aromatic N) is 4. The van der Waals surface area contributed by atoms with Crippen molar-refractivity contribution in [2.75, 3.05) is 19.6 Å². The molecule has 14 heavy (non-hydrogen) atoms. The van der Waals surface area contributed by atoms with Gasteiger partial charge in [-0.2, -0.15) is 0 Å². The second-order valence-corrected chi connectivity index (χ2v) is 3.97. The van der Waals surface area contributed by atoms with Crippen molar-refractivity contribution in [1.82, 2.24) is 25.2 Å². The third-order valence-corrected chi connectivity index (χ3v) is 2.49. The molecule has 1 aromatic rings. The van der Waals surface area contributed by atoms with E-state index in [1.165, 1.54) is 0 Å². The van der Waals surface area contributed by atoms with Gasteiger partial charge < -0.3 is 5.32 Å². The van der Waals surface area contributed by atoms with E-state index < -0.39 is 0 Å². The summed E-state index contributed by atoms with van der Waals surface area (Å²) in [6, 6.07) is 0.584. The monoisotopic (exact) mass is 195 g/mol. The SMILES string of the molecule is C[C@@H]1CN(Cc2cn(C)nn2)CCN1. The minimum Gasteiger partial charge on any atom is -0.312 e. The molecular weight excluding hydrogens is 178 g/mol. The van der Waals surface area contributed by atoms with E-state index in [0.29, 0.717) is 6.04 Å². The van der Waals surface area contributed by atoms with Gasteiger partial charge in [0, 0.05) is 45.5 Å². The molecule has 1 aliphatic heterocycles. The third-order valence-electron chi connectivity index (χ3n) is 2.49. The van der Waals surface area contributed by atoms with Crippen LogP contribution in [0.1, 0.15) is 12.6 Å². The van der Waals surface area contributed by atoms with Crippen molar-refractivity contribution in [3.8, 4) is 0 Å². The first-order valence-electron chi connectivity index (χ1n) is 5.05. The molecular formula is C9H17N5. The minimum atomic E-state index is 0.584. The highest BCUT2D eigenvalue weighted by atomic mass is 15.4. The minimum absolute atomic E-state index is 0.584. The number of hydrogen-bond acceptors (Lipinski definition) is 4. The molecule has 0 radical (unpaired) electrons. The van der Waals surface area contributed by atoms with Gasteiger partial charge in [-0.05, 0) is 6.92 Å². The van der Waals surface area contributed by atoms with Gasteiger partial charge in [0.2, 0.25) is 0 Å². The van der Waals surface area contributed by atoms with Crippen molar-refractivity contribution < 1.29 is 0 Å². The Balaban J connectivity index is 1.90. The van der Waals surface area contributed by atoms with Crippen LogP contribution in [0.5, 0.6) is 0 Å². The number of nitrogens with one attached hydrogen (secondary N) is 1. The lowest BCUT2D eigenvalue weighted by Gasteiger charge is -2.30. The molecule has 0 amide bonds. The smallest absolute Gasteiger partial charge is 0.0967 e. The maximum absolute atomic E-state index is 4.09. The number of rotatable bonds is 2. The quantitative estimate of drug-likeness (QED) is 0.698. The van der Waals surface area contributed by atoms with Crippen LogP contribution in [-0.2, 0) is 13.6 Å². The highest BCUT2D eigenvalue weighted by Gasteiger charge is 2.16. The molecule has 1 aromatic heterocycles. The molecule has 5 heteroatoms. The van der Waals surface area contributed by atoms with Gasteiger partial charge in [-0.15, -0.1) is 5.10 Å². The zero-order valence-corrected chi connectivity index (χ0v) is 8.77. The maximum Gasteiger partial charge on any atom is 0.0967 e. The molecule has 0 unspecified atom stereocenters. The Morgan fingerprint density at radius 3 is 3.14 bits per heavy atom. The molecule has 1 aliphatic rings. The summed E-state index contributed by atoms with van der Waals surface area (Å²) in [6.07, 6.45) is 1.98.